The van der Waals surface area contributed by atoms with Crippen molar-refractivity contribution in [2.45, 2.75) is 19.3 Å². The maximum absolute atomic E-state index is 14.1. The molecule has 2 N–H and O–H groups in total. The third-order valence-electron chi connectivity index (χ3n) is 5.92. The zero-order chi connectivity index (χ0) is 22.4. The number of carbonyl (C=O) groups is 1. The van der Waals surface area contributed by atoms with E-state index in [1.165, 1.54) is 0 Å². The van der Waals surface area contributed by atoms with Crippen molar-refractivity contribution < 1.29 is 13.6 Å². The Hall–Kier alpha value is -3.75. The van der Waals surface area contributed by atoms with E-state index in [1.54, 1.807) is 49.6 Å². The van der Waals surface area contributed by atoms with Gasteiger partial charge in [0.2, 0.25) is 0 Å². The number of aryl methyl sites for hydroxylation is 2. The van der Waals surface area contributed by atoms with E-state index in [-0.39, 0.29) is 11.5 Å². The number of aromatic nitrogens is 4. The van der Waals surface area contributed by atoms with Gasteiger partial charge in [-0.2, -0.15) is 5.10 Å². The molecule has 4 heterocycles. The molecule has 0 bridgehead atoms. The number of hydrogen-bond donors (Lipinski definition) is 2. The fourth-order valence-electron chi connectivity index (χ4n) is 4.37. The van der Waals surface area contributed by atoms with Gasteiger partial charge >= 0.3 is 0 Å². The van der Waals surface area contributed by atoms with Crippen molar-refractivity contribution in [3.05, 3.63) is 59.7 Å². The SMILES string of the molecule is CNC(=O)c1c[nH]c2ncc(N3CCCc4cc(-c5cnn(C)c5)c(C(F)F)cc43)cc12. The summed E-state index contributed by atoms with van der Waals surface area (Å²) in [6, 6.07) is 5.33. The summed E-state index contributed by atoms with van der Waals surface area (Å²) in [5.74, 6) is -0.213. The van der Waals surface area contributed by atoms with Crippen molar-refractivity contribution >= 4 is 28.3 Å². The van der Waals surface area contributed by atoms with Crippen molar-refractivity contribution in [2.75, 3.05) is 18.5 Å². The molecule has 3 aromatic heterocycles. The lowest BCUT2D eigenvalue weighted by Crippen LogP contribution is -2.25. The van der Waals surface area contributed by atoms with E-state index in [0.717, 1.165) is 29.8 Å². The number of halogens is 2. The first kappa shape index (κ1) is 20.2. The molecule has 0 saturated carbocycles. The van der Waals surface area contributed by atoms with E-state index in [9.17, 15) is 13.6 Å². The smallest absolute Gasteiger partial charge is 0.264 e. The number of amides is 1. The second kappa shape index (κ2) is 7.74. The highest BCUT2D eigenvalue weighted by atomic mass is 19.3. The molecule has 0 spiro atoms. The van der Waals surface area contributed by atoms with E-state index in [1.807, 2.05) is 17.0 Å². The summed E-state index contributed by atoms with van der Waals surface area (Å²) in [6.45, 7) is 0.675. The molecule has 0 fully saturated rings. The first-order chi connectivity index (χ1) is 15.5. The Morgan fingerprint density at radius 1 is 1.25 bits per heavy atom. The number of anilines is 2. The minimum Gasteiger partial charge on any atom is -0.355 e. The van der Waals surface area contributed by atoms with Gasteiger partial charge in [0.25, 0.3) is 12.3 Å². The summed E-state index contributed by atoms with van der Waals surface area (Å²) in [5, 5.41) is 7.46. The lowest BCUT2D eigenvalue weighted by atomic mass is 9.93. The summed E-state index contributed by atoms with van der Waals surface area (Å²) in [6.07, 6.45) is 5.74. The maximum atomic E-state index is 14.1. The summed E-state index contributed by atoms with van der Waals surface area (Å²) in [7, 11) is 3.34. The maximum Gasteiger partial charge on any atom is 0.264 e. The Bertz CT molecular complexity index is 1330. The van der Waals surface area contributed by atoms with Crippen LogP contribution < -0.4 is 10.2 Å². The normalized spacial score (nSPS) is 13.6. The van der Waals surface area contributed by atoms with Crippen LogP contribution in [0.15, 0.2) is 43.0 Å². The quantitative estimate of drug-likeness (QED) is 0.499. The van der Waals surface area contributed by atoms with Gasteiger partial charge in [0.05, 0.1) is 23.6 Å². The molecule has 0 aliphatic carbocycles. The number of fused-ring (bicyclic) bond motifs is 2. The molecule has 0 saturated heterocycles. The van der Waals surface area contributed by atoms with Gasteiger partial charge in [0, 0.05) is 55.2 Å². The van der Waals surface area contributed by atoms with E-state index in [2.05, 4.69) is 20.4 Å². The van der Waals surface area contributed by atoms with Crippen LogP contribution in [0.4, 0.5) is 20.2 Å². The Labute approximate surface area is 183 Å². The van der Waals surface area contributed by atoms with Crippen molar-refractivity contribution in [3.8, 4) is 11.1 Å². The highest BCUT2D eigenvalue weighted by Gasteiger charge is 2.25. The lowest BCUT2D eigenvalue weighted by molar-refractivity contribution is 0.0964. The van der Waals surface area contributed by atoms with Gasteiger partial charge in [-0.15, -0.1) is 0 Å². The number of rotatable bonds is 4. The molecule has 1 aliphatic rings. The number of benzene rings is 1. The van der Waals surface area contributed by atoms with Crippen LogP contribution in [0.25, 0.3) is 22.2 Å². The molecule has 9 heteroatoms. The van der Waals surface area contributed by atoms with Crippen LogP contribution >= 0.6 is 0 Å². The molecule has 7 nitrogen and oxygen atoms in total. The minimum atomic E-state index is -2.62. The van der Waals surface area contributed by atoms with Crippen molar-refractivity contribution in [2.24, 2.45) is 7.05 Å². The van der Waals surface area contributed by atoms with Crippen LogP contribution in [-0.4, -0.2) is 39.2 Å². The highest BCUT2D eigenvalue weighted by Crippen LogP contribution is 2.41. The van der Waals surface area contributed by atoms with Gasteiger partial charge < -0.3 is 15.2 Å². The van der Waals surface area contributed by atoms with Crippen LogP contribution in [0.3, 0.4) is 0 Å². The summed E-state index contributed by atoms with van der Waals surface area (Å²) in [4.78, 5) is 21.7. The van der Waals surface area contributed by atoms with E-state index >= 15 is 0 Å². The predicted molar refractivity (Wildman–Crippen MR) is 118 cm³/mol. The highest BCUT2D eigenvalue weighted by molar-refractivity contribution is 6.06. The fourth-order valence-corrected chi connectivity index (χ4v) is 4.37. The molecule has 5 rings (SSSR count). The number of alkyl halides is 2. The van der Waals surface area contributed by atoms with Crippen molar-refractivity contribution in [3.63, 3.8) is 0 Å². The standard InChI is InChI=1S/C23H22F2N6O/c1-26-23(32)19-11-28-22-18(19)7-15(10-27-22)31-5-3-4-13-6-16(14-9-29-30(2)12-14)17(21(24)25)8-20(13)31/h6-12,21H,3-5H2,1-2H3,(H,26,32)(H,27,28). The molecule has 0 radical (unpaired) electrons. The van der Waals surface area contributed by atoms with E-state index in [4.69, 9.17) is 0 Å². The Balaban J connectivity index is 1.63. The number of nitrogens with one attached hydrogen (secondary N) is 2. The third kappa shape index (κ3) is 3.30. The van der Waals surface area contributed by atoms with Crippen molar-refractivity contribution in [1.29, 1.82) is 0 Å². The molecule has 32 heavy (non-hydrogen) atoms. The zero-order valence-corrected chi connectivity index (χ0v) is 17.7. The summed E-state index contributed by atoms with van der Waals surface area (Å²) in [5.41, 5.74) is 4.77. The van der Waals surface area contributed by atoms with Gasteiger partial charge in [0.1, 0.15) is 5.65 Å². The predicted octanol–water partition coefficient (Wildman–Crippen LogP) is 4.34. The van der Waals surface area contributed by atoms with E-state index < -0.39 is 6.43 Å². The second-order valence-electron chi connectivity index (χ2n) is 7.90. The largest absolute Gasteiger partial charge is 0.355 e. The molecule has 164 valence electrons. The monoisotopic (exact) mass is 436 g/mol. The second-order valence-corrected chi connectivity index (χ2v) is 7.90. The number of hydrogen-bond acceptors (Lipinski definition) is 4. The molecule has 1 amide bonds. The fraction of sp³-hybridized carbons (Fsp3) is 0.261. The third-order valence-corrected chi connectivity index (χ3v) is 5.92. The van der Waals surface area contributed by atoms with E-state index in [0.29, 0.717) is 34.3 Å². The number of nitrogens with zero attached hydrogens (tertiary/aromatic N) is 4. The van der Waals surface area contributed by atoms with Crippen LogP contribution in [0.2, 0.25) is 0 Å². The zero-order valence-electron chi connectivity index (χ0n) is 17.7. The van der Waals surface area contributed by atoms with Crippen LogP contribution in [0, 0.1) is 0 Å². The van der Waals surface area contributed by atoms with Gasteiger partial charge in [0.15, 0.2) is 0 Å². The average molecular weight is 436 g/mol. The first-order valence-electron chi connectivity index (χ1n) is 10.4. The van der Waals surface area contributed by atoms with Crippen LogP contribution in [0.1, 0.15) is 34.3 Å². The number of H-pyrrole nitrogens is 1. The molecular weight excluding hydrogens is 414 g/mol. The molecule has 0 atom stereocenters. The van der Waals surface area contributed by atoms with Gasteiger partial charge in [-0.1, -0.05) is 0 Å². The Morgan fingerprint density at radius 2 is 2.09 bits per heavy atom. The Kier molecular flexibility index (Phi) is 4.88. The molecule has 4 aromatic rings. The number of aromatic amines is 1. The average Bonchev–Trinajstić information content (AvgIpc) is 3.43. The Morgan fingerprint density at radius 3 is 2.81 bits per heavy atom. The number of pyridine rings is 1. The van der Waals surface area contributed by atoms with Crippen LogP contribution in [0.5, 0.6) is 0 Å². The summed E-state index contributed by atoms with van der Waals surface area (Å²) >= 11 is 0. The van der Waals surface area contributed by atoms with Gasteiger partial charge in [-0.05, 0) is 42.2 Å². The molecular formula is C23H22F2N6O. The minimum absolute atomic E-state index is 0.0228. The lowest BCUT2D eigenvalue weighted by Gasteiger charge is -2.32. The first-order valence-corrected chi connectivity index (χ1v) is 10.4. The molecule has 1 aromatic carbocycles. The van der Waals surface area contributed by atoms with Crippen molar-refractivity contribution in [1.82, 2.24) is 25.1 Å². The molecule has 1 aliphatic heterocycles. The van der Waals surface area contributed by atoms with Gasteiger partial charge in [-0.25, -0.2) is 13.8 Å². The van der Waals surface area contributed by atoms with Crippen LogP contribution in [-0.2, 0) is 13.5 Å². The number of carbonyl (C=O) groups excluding carboxylic acids is 1. The topological polar surface area (TPSA) is 78.8 Å². The van der Waals surface area contributed by atoms with Gasteiger partial charge in [-0.3, -0.25) is 9.48 Å². The summed E-state index contributed by atoms with van der Waals surface area (Å²) < 4.78 is 29.7. The molecule has 0 unspecified atom stereocenters.